The molecule has 0 N–H and O–H groups in total. The van der Waals surface area contributed by atoms with Crippen molar-refractivity contribution in [2.45, 2.75) is 6.54 Å². The summed E-state index contributed by atoms with van der Waals surface area (Å²) in [7, 11) is 1.68. The molecule has 3 aromatic rings. The second kappa shape index (κ2) is 9.07. The molecule has 1 amide bonds. The van der Waals surface area contributed by atoms with E-state index in [4.69, 9.17) is 21.6 Å². The molecular formula is C22H16ClN3O4. The van der Waals surface area contributed by atoms with Gasteiger partial charge < -0.3 is 9.64 Å². The molecule has 0 aliphatic heterocycles. The summed E-state index contributed by atoms with van der Waals surface area (Å²) >= 11 is 5.81. The number of hydrogen-bond donors (Lipinski definition) is 0. The number of carbonyl (C=O) groups excluding carboxylic acids is 1. The second-order valence-corrected chi connectivity index (χ2v) is 6.90. The molecule has 3 aromatic carbocycles. The van der Waals surface area contributed by atoms with Gasteiger partial charge in [0.25, 0.3) is 5.91 Å². The van der Waals surface area contributed by atoms with Crippen LogP contribution in [0.15, 0.2) is 66.7 Å². The van der Waals surface area contributed by atoms with Crippen molar-refractivity contribution in [3.63, 3.8) is 0 Å². The van der Waals surface area contributed by atoms with Crippen LogP contribution in [0.5, 0.6) is 11.5 Å². The Balaban J connectivity index is 1.69. The molecule has 0 aromatic heterocycles. The van der Waals surface area contributed by atoms with Crippen LogP contribution in [-0.4, -0.2) is 22.8 Å². The van der Waals surface area contributed by atoms with Gasteiger partial charge >= 0.3 is 5.69 Å². The highest BCUT2D eigenvalue weighted by Crippen LogP contribution is 2.33. The second-order valence-electron chi connectivity index (χ2n) is 6.47. The molecule has 3 rings (SSSR count). The van der Waals surface area contributed by atoms with Crippen molar-refractivity contribution >= 4 is 23.2 Å². The summed E-state index contributed by atoms with van der Waals surface area (Å²) in [5, 5.41) is 20.3. The quantitative estimate of drug-likeness (QED) is 0.403. The van der Waals surface area contributed by atoms with E-state index in [0.29, 0.717) is 23.4 Å². The molecule has 0 bridgehead atoms. The Morgan fingerprint density at radius 1 is 1.13 bits per heavy atom. The number of halogens is 1. The number of rotatable bonds is 6. The molecule has 0 radical (unpaired) electrons. The molecule has 30 heavy (non-hydrogen) atoms. The Hall–Kier alpha value is -3.89. The van der Waals surface area contributed by atoms with Gasteiger partial charge in [-0.15, -0.1) is 0 Å². The number of nitro benzene ring substituents is 1. The van der Waals surface area contributed by atoms with Crippen molar-refractivity contribution in [1.29, 1.82) is 5.26 Å². The van der Waals surface area contributed by atoms with Gasteiger partial charge in [-0.25, -0.2) is 0 Å². The van der Waals surface area contributed by atoms with Gasteiger partial charge in [0.15, 0.2) is 0 Å². The highest BCUT2D eigenvalue weighted by Gasteiger charge is 2.17. The van der Waals surface area contributed by atoms with Crippen LogP contribution in [0.25, 0.3) is 0 Å². The number of nitro groups is 1. The van der Waals surface area contributed by atoms with Crippen molar-refractivity contribution in [1.82, 2.24) is 4.90 Å². The monoisotopic (exact) mass is 421 g/mol. The minimum atomic E-state index is -0.572. The maximum absolute atomic E-state index is 12.7. The predicted octanol–water partition coefficient (Wildman–Crippen LogP) is 5.18. The highest BCUT2D eigenvalue weighted by atomic mass is 35.5. The number of benzene rings is 3. The van der Waals surface area contributed by atoms with Gasteiger partial charge in [0.05, 0.1) is 16.6 Å². The maximum atomic E-state index is 12.7. The summed E-state index contributed by atoms with van der Waals surface area (Å²) in [6.45, 7) is 0.389. The molecular weight excluding hydrogens is 406 g/mol. The third-order valence-corrected chi connectivity index (χ3v) is 4.53. The van der Waals surface area contributed by atoms with E-state index in [9.17, 15) is 14.9 Å². The van der Waals surface area contributed by atoms with Crippen molar-refractivity contribution in [3.05, 3.63) is 98.6 Å². The average Bonchev–Trinajstić information content (AvgIpc) is 2.75. The molecule has 0 unspecified atom stereocenters. The number of ether oxygens (including phenoxy) is 1. The van der Waals surface area contributed by atoms with Crippen LogP contribution in [0.1, 0.15) is 21.5 Å². The summed E-state index contributed by atoms with van der Waals surface area (Å²) in [4.78, 5) is 24.8. The Kier molecular flexibility index (Phi) is 6.30. The topological polar surface area (TPSA) is 96.5 Å². The molecule has 0 aliphatic rings. The SMILES string of the molecule is CN(Cc1ccc(C#N)cc1)C(=O)c1ccc(Oc2ccc(Cl)cc2[N+](=O)[O-])cc1. The molecule has 0 atom stereocenters. The maximum Gasteiger partial charge on any atom is 0.313 e. The van der Waals surface area contributed by atoms with Crippen molar-refractivity contribution < 1.29 is 14.5 Å². The molecule has 0 heterocycles. The average molecular weight is 422 g/mol. The minimum Gasteiger partial charge on any atom is -0.450 e. The first-order valence-electron chi connectivity index (χ1n) is 8.84. The summed E-state index contributed by atoms with van der Waals surface area (Å²) in [6, 6.07) is 19.5. The number of nitrogens with zero attached hydrogens (tertiary/aromatic N) is 3. The normalized spacial score (nSPS) is 10.2. The van der Waals surface area contributed by atoms with E-state index in [2.05, 4.69) is 6.07 Å². The number of amides is 1. The molecule has 8 heteroatoms. The van der Waals surface area contributed by atoms with E-state index in [1.165, 1.54) is 18.2 Å². The summed E-state index contributed by atoms with van der Waals surface area (Å²) < 4.78 is 5.59. The van der Waals surface area contributed by atoms with Crippen molar-refractivity contribution in [2.75, 3.05) is 7.05 Å². The van der Waals surface area contributed by atoms with Gasteiger partial charge in [-0.3, -0.25) is 14.9 Å². The molecule has 0 aliphatic carbocycles. The number of hydrogen-bond acceptors (Lipinski definition) is 5. The Bertz CT molecular complexity index is 1120. The van der Waals surface area contributed by atoms with Crippen LogP contribution in [0, 0.1) is 21.4 Å². The standard InChI is InChI=1S/C22H16ClN3O4/c1-25(14-16-4-2-15(13-24)3-5-16)22(27)17-6-9-19(10-7-17)30-21-11-8-18(23)12-20(21)26(28)29/h2-12H,14H2,1H3. The first-order chi connectivity index (χ1) is 14.4. The van der Waals surface area contributed by atoms with E-state index in [1.54, 1.807) is 60.5 Å². The van der Waals surface area contributed by atoms with E-state index < -0.39 is 4.92 Å². The largest absolute Gasteiger partial charge is 0.450 e. The van der Waals surface area contributed by atoms with Crippen LogP contribution >= 0.6 is 11.6 Å². The lowest BCUT2D eigenvalue weighted by atomic mass is 10.1. The molecule has 150 valence electrons. The smallest absolute Gasteiger partial charge is 0.313 e. The zero-order chi connectivity index (χ0) is 21.7. The molecule has 0 saturated heterocycles. The predicted molar refractivity (Wildman–Crippen MR) is 112 cm³/mol. The van der Waals surface area contributed by atoms with Gasteiger partial charge in [0.1, 0.15) is 5.75 Å². The molecule has 7 nitrogen and oxygen atoms in total. The van der Waals surface area contributed by atoms with Crippen LogP contribution < -0.4 is 4.74 Å². The summed E-state index contributed by atoms with van der Waals surface area (Å²) in [5.74, 6) is 0.219. The Morgan fingerprint density at radius 3 is 2.40 bits per heavy atom. The third kappa shape index (κ3) is 4.93. The molecule has 0 spiro atoms. The zero-order valence-electron chi connectivity index (χ0n) is 15.9. The number of carbonyl (C=O) groups is 1. The highest BCUT2D eigenvalue weighted by molar-refractivity contribution is 6.30. The van der Waals surface area contributed by atoms with E-state index in [-0.39, 0.29) is 22.4 Å². The van der Waals surface area contributed by atoms with Gasteiger partial charge in [0, 0.05) is 30.2 Å². The fourth-order valence-electron chi connectivity index (χ4n) is 2.76. The van der Waals surface area contributed by atoms with Gasteiger partial charge in [0.2, 0.25) is 5.75 Å². The number of nitriles is 1. The third-order valence-electron chi connectivity index (χ3n) is 4.30. The van der Waals surface area contributed by atoms with Crippen molar-refractivity contribution in [2.24, 2.45) is 0 Å². The fraction of sp³-hybridized carbons (Fsp3) is 0.0909. The van der Waals surface area contributed by atoms with Crippen LogP contribution in [0.4, 0.5) is 5.69 Å². The Labute approximate surface area is 177 Å². The van der Waals surface area contributed by atoms with Gasteiger partial charge in [-0.05, 0) is 54.1 Å². The van der Waals surface area contributed by atoms with E-state index in [1.807, 2.05) is 0 Å². The van der Waals surface area contributed by atoms with E-state index >= 15 is 0 Å². The Morgan fingerprint density at radius 2 is 1.80 bits per heavy atom. The summed E-state index contributed by atoms with van der Waals surface area (Å²) in [5.41, 5.74) is 1.66. The fourth-order valence-corrected chi connectivity index (χ4v) is 2.93. The first-order valence-corrected chi connectivity index (χ1v) is 9.21. The zero-order valence-corrected chi connectivity index (χ0v) is 16.7. The molecule has 0 fully saturated rings. The molecule has 0 saturated carbocycles. The van der Waals surface area contributed by atoms with Gasteiger partial charge in [-0.1, -0.05) is 23.7 Å². The minimum absolute atomic E-state index is 0.0569. The van der Waals surface area contributed by atoms with Crippen LogP contribution in [0.3, 0.4) is 0 Å². The van der Waals surface area contributed by atoms with Crippen LogP contribution in [0.2, 0.25) is 5.02 Å². The first kappa shape index (κ1) is 20.8. The van der Waals surface area contributed by atoms with Crippen LogP contribution in [-0.2, 0) is 6.54 Å². The summed E-state index contributed by atoms with van der Waals surface area (Å²) in [6.07, 6.45) is 0. The lowest BCUT2D eigenvalue weighted by Gasteiger charge is -2.17. The van der Waals surface area contributed by atoms with Crippen molar-refractivity contribution in [3.8, 4) is 17.6 Å². The lowest BCUT2D eigenvalue weighted by Crippen LogP contribution is -2.26. The lowest BCUT2D eigenvalue weighted by molar-refractivity contribution is -0.385. The van der Waals surface area contributed by atoms with Gasteiger partial charge in [-0.2, -0.15) is 5.26 Å². The van der Waals surface area contributed by atoms with E-state index in [0.717, 1.165) is 5.56 Å².